The van der Waals surface area contributed by atoms with Crippen molar-refractivity contribution >= 4 is 34.2 Å². The van der Waals surface area contributed by atoms with Gasteiger partial charge in [-0.3, -0.25) is 0 Å². The molecule has 2 aromatic carbocycles. The first-order valence-corrected chi connectivity index (χ1v) is 6.91. The Kier molecular flexibility index (Phi) is 4.25. The second-order valence-electron chi connectivity index (χ2n) is 4.14. The molecular formula is C14H12ClFIN. The van der Waals surface area contributed by atoms with Crippen LogP contribution in [0.4, 0.5) is 4.39 Å². The maximum absolute atomic E-state index is 13.3. The third-order valence-corrected chi connectivity index (χ3v) is 4.09. The molecule has 18 heavy (non-hydrogen) atoms. The summed E-state index contributed by atoms with van der Waals surface area (Å²) < 4.78 is 14.3. The van der Waals surface area contributed by atoms with E-state index in [9.17, 15) is 4.39 Å². The average Bonchev–Trinajstić information content (AvgIpc) is 2.34. The lowest BCUT2D eigenvalue weighted by Crippen LogP contribution is -2.15. The summed E-state index contributed by atoms with van der Waals surface area (Å²) in [6.45, 7) is 1.92. The van der Waals surface area contributed by atoms with Crippen LogP contribution in [0, 0.1) is 16.3 Å². The fourth-order valence-corrected chi connectivity index (χ4v) is 2.72. The molecule has 0 saturated heterocycles. The molecule has 0 aliphatic carbocycles. The van der Waals surface area contributed by atoms with Crippen LogP contribution in [0.3, 0.4) is 0 Å². The quantitative estimate of drug-likeness (QED) is 0.772. The maximum atomic E-state index is 13.3. The van der Waals surface area contributed by atoms with Gasteiger partial charge >= 0.3 is 0 Å². The zero-order valence-corrected chi connectivity index (χ0v) is 12.7. The molecule has 2 rings (SSSR count). The number of aryl methyl sites for hydroxylation is 1. The van der Waals surface area contributed by atoms with E-state index in [0.717, 1.165) is 20.3 Å². The van der Waals surface area contributed by atoms with Crippen LogP contribution in [0.2, 0.25) is 5.02 Å². The standard InChI is InChI=1S/C14H12ClFIN/c1-8-2-4-10(16)7-11(8)14(18)12-6-9(15)3-5-13(12)17/h2-7,14H,18H2,1H3. The molecular weight excluding hydrogens is 364 g/mol. The van der Waals surface area contributed by atoms with Crippen molar-refractivity contribution in [2.24, 2.45) is 5.73 Å². The van der Waals surface area contributed by atoms with Gasteiger partial charge in [-0.15, -0.1) is 0 Å². The van der Waals surface area contributed by atoms with Gasteiger partial charge in [0.05, 0.1) is 6.04 Å². The molecule has 0 fully saturated rings. The van der Waals surface area contributed by atoms with Gasteiger partial charge in [-0.25, -0.2) is 4.39 Å². The van der Waals surface area contributed by atoms with Crippen molar-refractivity contribution in [3.05, 3.63) is 67.5 Å². The predicted molar refractivity (Wildman–Crippen MR) is 81.3 cm³/mol. The van der Waals surface area contributed by atoms with Gasteiger partial charge in [0.1, 0.15) is 5.82 Å². The predicted octanol–water partition coefficient (Wildman–Crippen LogP) is 4.44. The van der Waals surface area contributed by atoms with E-state index < -0.39 is 0 Å². The Morgan fingerprint density at radius 3 is 2.61 bits per heavy atom. The van der Waals surface area contributed by atoms with Crippen molar-refractivity contribution in [3.63, 3.8) is 0 Å². The van der Waals surface area contributed by atoms with Crippen LogP contribution in [0.5, 0.6) is 0 Å². The fourth-order valence-electron chi connectivity index (χ4n) is 1.87. The third-order valence-electron chi connectivity index (χ3n) is 2.87. The first-order valence-electron chi connectivity index (χ1n) is 5.45. The van der Waals surface area contributed by atoms with E-state index in [1.54, 1.807) is 6.07 Å². The molecule has 0 aromatic heterocycles. The van der Waals surface area contributed by atoms with Gasteiger partial charge in [-0.2, -0.15) is 0 Å². The zero-order valence-electron chi connectivity index (χ0n) is 9.75. The lowest BCUT2D eigenvalue weighted by Gasteiger charge is -2.17. The molecule has 0 amide bonds. The van der Waals surface area contributed by atoms with Crippen molar-refractivity contribution in [2.45, 2.75) is 13.0 Å². The summed E-state index contributed by atoms with van der Waals surface area (Å²) in [5, 5.41) is 0.634. The number of hydrogen-bond acceptors (Lipinski definition) is 1. The van der Waals surface area contributed by atoms with Gasteiger partial charge in [-0.1, -0.05) is 17.7 Å². The van der Waals surface area contributed by atoms with Crippen molar-refractivity contribution in [1.29, 1.82) is 0 Å². The minimum absolute atomic E-state index is 0.275. The highest BCUT2D eigenvalue weighted by Crippen LogP contribution is 2.29. The Morgan fingerprint density at radius 2 is 1.89 bits per heavy atom. The third kappa shape index (κ3) is 2.84. The molecule has 1 atom stereocenters. The monoisotopic (exact) mass is 375 g/mol. The van der Waals surface area contributed by atoms with Crippen LogP contribution in [0.15, 0.2) is 36.4 Å². The summed E-state index contributed by atoms with van der Waals surface area (Å²) in [4.78, 5) is 0. The molecule has 94 valence electrons. The molecule has 2 aromatic rings. The minimum Gasteiger partial charge on any atom is -0.320 e. The van der Waals surface area contributed by atoms with E-state index >= 15 is 0 Å². The number of halogens is 3. The zero-order chi connectivity index (χ0) is 13.3. The molecule has 0 spiro atoms. The van der Waals surface area contributed by atoms with Crippen molar-refractivity contribution < 1.29 is 4.39 Å². The SMILES string of the molecule is Cc1ccc(F)cc1C(N)c1cc(Cl)ccc1I. The normalized spacial score (nSPS) is 12.5. The second kappa shape index (κ2) is 5.55. The molecule has 0 aliphatic rings. The average molecular weight is 376 g/mol. The summed E-state index contributed by atoms with van der Waals surface area (Å²) in [5.41, 5.74) is 8.90. The number of benzene rings is 2. The van der Waals surface area contributed by atoms with E-state index in [1.165, 1.54) is 12.1 Å². The number of nitrogens with two attached hydrogens (primary N) is 1. The van der Waals surface area contributed by atoms with E-state index in [-0.39, 0.29) is 11.9 Å². The summed E-state index contributed by atoms with van der Waals surface area (Å²) in [7, 11) is 0. The molecule has 0 heterocycles. The molecule has 1 unspecified atom stereocenters. The van der Waals surface area contributed by atoms with Crippen LogP contribution in [0.1, 0.15) is 22.7 Å². The number of hydrogen-bond donors (Lipinski definition) is 1. The van der Waals surface area contributed by atoms with Crippen LogP contribution in [-0.2, 0) is 0 Å². The van der Waals surface area contributed by atoms with Gasteiger partial charge in [0.25, 0.3) is 0 Å². The summed E-state index contributed by atoms with van der Waals surface area (Å²) in [5.74, 6) is -0.275. The maximum Gasteiger partial charge on any atom is 0.123 e. The Balaban J connectivity index is 2.50. The summed E-state index contributed by atoms with van der Waals surface area (Å²) in [6.07, 6.45) is 0. The Labute approximate surface area is 124 Å². The number of rotatable bonds is 2. The van der Waals surface area contributed by atoms with Crippen LogP contribution in [0.25, 0.3) is 0 Å². The highest BCUT2D eigenvalue weighted by molar-refractivity contribution is 14.1. The fraction of sp³-hybridized carbons (Fsp3) is 0.143. The van der Waals surface area contributed by atoms with Crippen molar-refractivity contribution in [1.82, 2.24) is 0 Å². The summed E-state index contributed by atoms with van der Waals surface area (Å²) in [6, 6.07) is 9.85. The van der Waals surface area contributed by atoms with E-state index in [4.69, 9.17) is 17.3 Å². The van der Waals surface area contributed by atoms with Gasteiger partial charge in [0.15, 0.2) is 0 Å². The van der Waals surface area contributed by atoms with Gasteiger partial charge < -0.3 is 5.73 Å². The van der Waals surface area contributed by atoms with E-state index in [1.807, 2.05) is 25.1 Å². The smallest absolute Gasteiger partial charge is 0.123 e. The Bertz CT molecular complexity index is 535. The van der Waals surface area contributed by atoms with Crippen molar-refractivity contribution in [2.75, 3.05) is 0 Å². The molecule has 0 saturated carbocycles. The first kappa shape index (κ1) is 13.8. The molecule has 1 nitrogen and oxygen atoms in total. The summed E-state index contributed by atoms with van der Waals surface area (Å²) >= 11 is 8.19. The topological polar surface area (TPSA) is 26.0 Å². The molecule has 0 aliphatic heterocycles. The van der Waals surface area contributed by atoms with Gasteiger partial charge in [0, 0.05) is 8.59 Å². The molecule has 0 radical (unpaired) electrons. The lowest BCUT2D eigenvalue weighted by atomic mass is 9.96. The second-order valence-corrected chi connectivity index (χ2v) is 5.74. The Morgan fingerprint density at radius 1 is 1.17 bits per heavy atom. The Hall–Kier alpha value is -0.650. The lowest BCUT2D eigenvalue weighted by molar-refractivity contribution is 0.622. The van der Waals surface area contributed by atoms with E-state index in [0.29, 0.717) is 5.02 Å². The minimum atomic E-state index is -0.369. The largest absolute Gasteiger partial charge is 0.320 e. The van der Waals surface area contributed by atoms with Crippen LogP contribution in [-0.4, -0.2) is 0 Å². The van der Waals surface area contributed by atoms with Crippen LogP contribution >= 0.6 is 34.2 Å². The highest BCUT2D eigenvalue weighted by atomic mass is 127. The van der Waals surface area contributed by atoms with Crippen LogP contribution < -0.4 is 5.73 Å². The highest BCUT2D eigenvalue weighted by Gasteiger charge is 2.15. The van der Waals surface area contributed by atoms with Crippen molar-refractivity contribution in [3.8, 4) is 0 Å². The first-order chi connectivity index (χ1) is 8.49. The van der Waals surface area contributed by atoms with Gasteiger partial charge in [-0.05, 0) is 76.5 Å². The molecule has 2 N–H and O–H groups in total. The molecule has 0 bridgehead atoms. The van der Waals surface area contributed by atoms with Gasteiger partial charge in [0.2, 0.25) is 0 Å². The molecule has 4 heteroatoms. The van der Waals surface area contributed by atoms with E-state index in [2.05, 4.69) is 22.6 Å².